The minimum absolute atomic E-state index is 0.0431. The molecule has 1 N–H and O–H groups in total. The van der Waals surface area contributed by atoms with E-state index in [2.05, 4.69) is 10.3 Å². The second-order valence-corrected chi connectivity index (χ2v) is 5.70. The molecule has 0 aliphatic heterocycles. The largest absolute Gasteiger partial charge is 0.416 e. The molecule has 1 aromatic rings. The number of pyridine rings is 1. The maximum Gasteiger partial charge on any atom is 0.416 e. The average Bonchev–Trinajstić information content (AvgIpc) is 2.46. The zero-order valence-electron chi connectivity index (χ0n) is 13.0. The molecule has 0 aromatic carbocycles. The summed E-state index contributed by atoms with van der Waals surface area (Å²) in [5.41, 5.74) is 0.297. The number of ketones is 2. The molecule has 0 radical (unpaired) electrons. The first-order valence-corrected chi connectivity index (χ1v) is 7.14. The molecule has 0 amide bonds. The second kappa shape index (κ2) is 6.14. The third kappa shape index (κ3) is 3.78. The van der Waals surface area contributed by atoms with E-state index in [9.17, 15) is 22.8 Å². The lowest BCUT2D eigenvalue weighted by molar-refractivity contribution is -0.137. The van der Waals surface area contributed by atoms with Crippen molar-refractivity contribution >= 4 is 17.4 Å². The Kier molecular flexibility index (Phi) is 4.58. The fraction of sp³-hybridized carbons (Fsp3) is 0.438. The van der Waals surface area contributed by atoms with Gasteiger partial charge in [-0.25, -0.2) is 4.98 Å². The lowest BCUT2D eigenvalue weighted by Gasteiger charge is -2.22. The van der Waals surface area contributed by atoms with Gasteiger partial charge in [0.15, 0.2) is 11.6 Å². The Labute approximate surface area is 131 Å². The van der Waals surface area contributed by atoms with Gasteiger partial charge in [-0.05, 0) is 44.1 Å². The summed E-state index contributed by atoms with van der Waals surface area (Å²) >= 11 is 0. The van der Waals surface area contributed by atoms with Crippen molar-refractivity contribution in [3.05, 3.63) is 34.5 Å². The molecular weight excluding hydrogens is 309 g/mol. The molecule has 4 nitrogen and oxygen atoms in total. The number of carbonyl (C=O) groups excluding carboxylic acids is 2. The summed E-state index contributed by atoms with van der Waals surface area (Å²) in [7, 11) is 0. The molecular formula is C16H17F3N2O2. The van der Waals surface area contributed by atoms with Gasteiger partial charge >= 0.3 is 6.18 Å². The quantitative estimate of drug-likeness (QED) is 0.926. The first-order valence-electron chi connectivity index (χ1n) is 7.14. The number of rotatable bonds is 3. The SMILES string of the molecule is CC1=C(C)C(=O)C(CNc2cc(C(F)(F)F)cc(C)n2)CC1=O. The van der Waals surface area contributed by atoms with Crippen molar-refractivity contribution in [2.45, 2.75) is 33.4 Å². The number of hydrogen-bond donors (Lipinski definition) is 1. The molecule has 7 heteroatoms. The highest BCUT2D eigenvalue weighted by Gasteiger charge is 2.32. The zero-order valence-corrected chi connectivity index (χ0v) is 13.0. The number of carbonyl (C=O) groups is 2. The lowest BCUT2D eigenvalue weighted by atomic mass is 9.83. The number of allylic oxidation sites excluding steroid dienone is 2. The number of hydrogen-bond acceptors (Lipinski definition) is 4. The van der Waals surface area contributed by atoms with Crippen molar-refractivity contribution in [2.75, 3.05) is 11.9 Å². The molecule has 124 valence electrons. The van der Waals surface area contributed by atoms with Gasteiger partial charge in [-0.1, -0.05) is 0 Å². The number of anilines is 1. The highest BCUT2D eigenvalue weighted by atomic mass is 19.4. The third-order valence-electron chi connectivity index (χ3n) is 3.96. The van der Waals surface area contributed by atoms with Crippen LogP contribution in [0.1, 0.15) is 31.5 Å². The molecule has 0 spiro atoms. The minimum atomic E-state index is -4.46. The number of Topliss-reactive ketones (excluding diaryl/α,β-unsaturated/α-hetero) is 2. The Balaban J connectivity index is 2.15. The fourth-order valence-corrected chi connectivity index (χ4v) is 2.49. The van der Waals surface area contributed by atoms with Gasteiger partial charge in [0.05, 0.1) is 5.56 Å². The highest BCUT2D eigenvalue weighted by molar-refractivity contribution is 6.12. The van der Waals surface area contributed by atoms with Crippen LogP contribution >= 0.6 is 0 Å². The molecule has 1 atom stereocenters. The van der Waals surface area contributed by atoms with E-state index in [4.69, 9.17) is 0 Å². The van der Waals surface area contributed by atoms with Crippen molar-refractivity contribution in [2.24, 2.45) is 5.92 Å². The predicted molar refractivity (Wildman–Crippen MR) is 79.0 cm³/mol. The number of halogens is 3. The van der Waals surface area contributed by atoms with Crippen LogP contribution in [0.2, 0.25) is 0 Å². The Hall–Kier alpha value is -2.18. The molecule has 23 heavy (non-hydrogen) atoms. The van der Waals surface area contributed by atoms with Crippen LogP contribution < -0.4 is 5.32 Å². The summed E-state index contributed by atoms with van der Waals surface area (Å²) in [6, 6.07) is 1.85. The summed E-state index contributed by atoms with van der Waals surface area (Å²) in [6.07, 6.45) is -4.40. The average molecular weight is 326 g/mol. The van der Waals surface area contributed by atoms with Gasteiger partial charge < -0.3 is 5.32 Å². The van der Waals surface area contributed by atoms with Crippen molar-refractivity contribution < 1.29 is 22.8 Å². The maximum absolute atomic E-state index is 12.8. The fourth-order valence-electron chi connectivity index (χ4n) is 2.49. The molecule has 1 aromatic heterocycles. The molecule has 0 saturated carbocycles. The molecule has 0 fully saturated rings. The van der Waals surface area contributed by atoms with E-state index in [-0.39, 0.29) is 36.0 Å². The van der Waals surface area contributed by atoms with Crippen LogP contribution in [0.5, 0.6) is 0 Å². The number of aryl methyl sites for hydroxylation is 1. The standard InChI is InChI=1S/C16H17F3N2O2/c1-8-4-12(16(17,18)19)6-14(21-8)20-7-11-5-13(22)9(2)10(3)15(11)23/h4,6,11H,5,7H2,1-3H3,(H,20,21). The van der Waals surface area contributed by atoms with Crippen molar-refractivity contribution in [3.63, 3.8) is 0 Å². The molecule has 1 heterocycles. The van der Waals surface area contributed by atoms with Gasteiger partial charge in [-0.3, -0.25) is 9.59 Å². The molecule has 2 rings (SSSR count). The van der Waals surface area contributed by atoms with Gasteiger partial charge in [0.25, 0.3) is 0 Å². The Morgan fingerprint density at radius 3 is 2.43 bits per heavy atom. The first-order chi connectivity index (χ1) is 10.6. The van der Waals surface area contributed by atoms with E-state index in [0.29, 0.717) is 11.1 Å². The van der Waals surface area contributed by atoms with Crippen LogP contribution in [0.4, 0.5) is 19.0 Å². The van der Waals surface area contributed by atoms with E-state index in [1.807, 2.05) is 0 Å². The van der Waals surface area contributed by atoms with Crippen molar-refractivity contribution in [3.8, 4) is 0 Å². The van der Waals surface area contributed by atoms with Crippen LogP contribution in [0.25, 0.3) is 0 Å². The molecule has 0 saturated heterocycles. The number of nitrogens with one attached hydrogen (secondary N) is 1. The van der Waals surface area contributed by atoms with Gasteiger partial charge in [0, 0.05) is 24.6 Å². The highest BCUT2D eigenvalue weighted by Crippen LogP contribution is 2.31. The Bertz CT molecular complexity index is 693. The summed E-state index contributed by atoms with van der Waals surface area (Å²) in [4.78, 5) is 27.9. The van der Waals surface area contributed by atoms with Gasteiger partial charge in [-0.15, -0.1) is 0 Å². The van der Waals surface area contributed by atoms with Crippen LogP contribution in [0.15, 0.2) is 23.3 Å². The van der Waals surface area contributed by atoms with E-state index >= 15 is 0 Å². The third-order valence-corrected chi connectivity index (χ3v) is 3.96. The Morgan fingerprint density at radius 1 is 1.17 bits per heavy atom. The predicted octanol–water partition coefficient (Wildman–Crippen LogP) is 3.32. The number of nitrogens with zero attached hydrogens (tertiary/aromatic N) is 1. The first kappa shape index (κ1) is 17.2. The topological polar surface area (TPSA) is 59.1 Å². The normalized spacial score (nSPS) is 19.3. The molecule has 1 aliphatic rings. The van der Waals surface area contributed by atoms with Crippen LogP contribution in [0.3, 0.4) is 0 Å². The summed E-state index contributed by atoms with van der Waals surface area (Å²) in [5, 5.41) is 2.75. The zero-order chi connectivity index (χ0) is 17.4. The van der Waals surface area contributed by atoms with E-state index < -0.39 is 17.7 Å². The summed E-state index contributed by atoms with van der Waals surface area (Å²) < 4.78 is 38.4. The van der Waals surface area contributed by atoms with Crippen molar-refractivity contribution in [1.29, 1.82) is 0 Å². The van der Waals surface area contributed by atoms with Crippen LogP contribution in [0, 0.1) is 12.8 Å². The van der Waals surface area contributed by atoms with Crippen molar-refractivity contribution in [1.82, 2.24) is 4.98 Å². The molecule has 1 unspecified atom stereocenters. The molecule has 0 bridgehead atoms. The van der Waals surface area contributed by atoms with E-state index in [0.717, 1.165) is 12.1 Å². The van der Waals surface area contributed by atoms with E-state index in [1.165, 1.54) is 6.92 Å². The number of alkyl halides is 3. The van der Waals surface area contributed by atoms with E-state index in [1.54, 1.807) is 13.8 Å². The summed E-state index contributed by atoms with van der Waals surface area (Å²) in [5.74, 6) is -0.801. The lowest BCUT2D eigenvalue weighted by Crippen LogP contribution is -2.32. The van der Waals surface area contributed by atoms with Gasteiger partial charge in [0.1, 0.15) is 5.82 Å². The Morgan fingerprint density at radius 2 is 1.83 bits per heavy atom. The summed E-state index contributed by atoms with van der Waals surface area (Å²) in [6.45, 7) is 4.74. The van der Waals surface area contributed by atoms with Crippen LogP contribution in [-0.2, 0) is 15.8 Å². The maximum atomic E-state index is 12.8. The number of aromatic nitrogens is 1. The van der Waals surface area contributed by atoms with Crippen LogP contribution in [-0.4, -0.2) is 23.1 Å². The van der Waals surface area contributed by atoms with Gasteiger partial charge in [-0.2, -0.15) is 13.2 Å². The minimum Gasteiger partial charge on any atom is -0.369 e. The van der Waals surface area contributed by atoms with Gasteiger partial charge in [0.2, 0.25) is 0 Å². The monoisotopic (exact) mass is 326 g/mol. The molecule has 1 aliphatic carbocycles. The smallest absolute Gasteiger partial charge is 0.369 e. The second-order valence-electron chi connectivity index (χ2n) is 5.70.